The van der Waals surface area contributed by atoms with Crippen LogP contribution >= 0.6 is 0 Å². The predicted octanol–water partition coefficient (Wildman–Crippen LogP) is 2.53. The van der Waals surface area contributed by atoms with Gasteiger partial charge in [-0.2, -0.15) is 0 Å². The van der Waals surface area contributed by atoms with Crippen LogP contribution in [0.4, 0.5) is 0 Å². The lowest BCUT2D eigenvalue weighted by Crippen LogP contribution is -2.38. The second-order valence-electron chi connectivity index (χ2n) is 5.52. The molecule has 1 aliphatic rings. The first-order valence-corrected chi connectivity index (χ1v) is 7.26. The zero-order valence-electron chi connectivity index (χ0n) is 12.1. The van der Waals surface area contributed by atoms with E-state index in [2.05, 4.69) is 24.8 Å². The molecule has 1 aromatic carbocycles. The first kappa shape index (κ1) is 14.4. The van der Waals surface area contributed by atoms with Crippen LogP contribution in [-0.4, -0.2) is 42.4 Å². The van der Waals surface area contributed by atoms with Crippen LogP contribution in [0.25, 0.3) is 0 Å². The molecule has 1 saturated heterocycles. The third-order valence-corrected chi connectivity index (χ3v) is 3.90. The van der Waals surface area contributed by atoms with E-state index in [1.165, 1.54) is 24.8 Å². The van der Waals surface area contributed by atoms with Gasteiger partial charge in [0, 0.05) is 6.54 Å². The Bertz CT molecular complexity index is 400. The molecule has 1 heterocycles. The number of hydrogen-bond donors (Lipinski definition) is 1. The number of aryl methyl sites for hydroxylation is 1. The average molecular weight is 263 g/mol. The van der Waals surface area contributed by atoms with Crippen LogP contribution in [0, 0.1) is 13.8 Å². The van der Waals surface area contributed by atoms with E-state index in [9.17, 15) is 5.11 Å². The van der Waals surface area contributed by atoms with Crippen LogP contribution in [0.15, 0.2) is 18.2 Å². The molecule has 0 aliphatic carbocycles. The van der Waals surface area contributed by atoms with Crippen LogP contribution in [0.2, 0.25) is 0 Å². The van der Waals surface area contributed by atoms with Gasteiger partial charge in [-0.1, -0.05) is 18.6 Å². The summed E-state index contributed by atoms with van der Waals surface area (Å²) in [4.78, 5) is 2.33. The van der Waals surface area contributed by atoms with Gasteiger partial charge in [0.2, 0.25) is 0 Å². The van der Waals surface area contributed by atoms with Gasteiger partial charge in [0.25, 0.3) is 0 Å². The van der Waals surface area contributed by atoms with Crippen molar-refractivity contribution < 1.29 is 9.84 Å². The van der Waals surface area contributed by atoms with E-state index in [1.807, 2.05) is 12.1 Å². The molecule has 0 radical (unpaired) electrons. The fraction of sp³-hybridized carbons (Fsp3) is 0.625. The highest BCUT2D eigenvalue weighted by Gasteiger charge is 2.15. The molecule has 1 N–H and O–H groups in total. The topological polar surface area (TPSA) is 32.7 Å². The Hall–Kier alpha value is -1.06. The number of β-amino-alcohol motifs (C(OH)–C–C–N with tert-alkyl or cyclic N) is 1. The molecule has 1 aromatic rings. The van der Waals surface area contributed by atoms with E-state index in [1.54, 1.807) is 0 Å². The lowest BCUT2D eigenvalue weighted by atomic mass is 10.1. The normalized spacial score (nSPS) is 18.3. The maximum absolute atomic E-state index is 10.1. The van der Waals surface area contributed by atoms with Crippen molar-refractivity contribution in [3.8, 4) is 5.75 Å². The SMILES string of the molecule is Cc1cccc(OC[C@@H](O)CN2CCCCC2)c1C. The van der Waals surface area contributed by atoms with Crippen molar-refractivity contribution in [3.05, 3.63) is 29.3 Å². The summed E-state index contributed by atoms with van der Waals surface area (Å²) in [7, 11) is 0. The van der Waals surface area contributed by atoms with Crippen LogP contribution in [-0.2, 0) is 0 Å². The Morgan fingerprint density at radius 2 is 1.95 bits per heavy atom. The quantitative estimate of drug-likeness (QED) is 0.886. The lowest BCUT2D eigenvalue weighted by Gasteiger charge is -2.28. The van der Waals surface area contributed by atoms with Crippen molar-refractivity contribution in [3.63, 3.8) is 0 Å². The molecule has 0 saturated carbocycles. The standard InChI is InChI=1S/C16H25NO2/c1-13-7-6-8-16(14(13)2)19-12-15(18)11-17-9-4-3-5-10-17/h6-8,15,18H,3-5,9-12H2,1-2H3/t15-/m0/s1. The number of hydrogen-bond acceptors (Lipinski definition) is 3. The number of nitrogens with zero attached hydrogens (tertiary/aromatic N) is 1. The minimum absolute atomic E-state index is 0.376. The number of likely N-dealkylation sites (tertiary alicyclic amines) is 1. The molecule has 3 nitrogen and oxygen atoms in total. The van der Waals surface area contributed by atoms with Gasteiger partial charge in [0.05, 0.1) is 0 Å². The predicted molar refractivity (Wildman–Crippen MR) is 77.7 cm³/mol. The molecule has 0 spiro atoms. The number of piperidine rings is 1. The summed E-state index contributed by atoms with van der Waals surface area (Å²) in [5.41, 5.74) is 2.38. The average Bonchev–Trinajstić information content (AvgIpc) is 2.42. The molecule has 0 bridgehead atoms. The Balaban J connectivity index is 1.79. The zero-order chi connectivity index (χ0) is 13.7. The van der Waals surface area contributed by atoms with E-state index in [-0.39, 0.29) is 0 Å². The monoisotopic (exact) mass is 263 g/mol. The van der Waals surface area contributed by atoms with E-state index in [0.717, 1.165) is 30.9 Å². The Kier molecular flexibility index (Phi) is 5.23. The smallest absolute Gasteiger partial charge is 0.122 e. The van der Waals surface area contributed by atoms with E-state index in [0.29, 0.717) is 6.61 Å². The van der Waals surface area contributed by atoms with Crippen LogP contribution in [0.5, 0.6) is 5.75 Å². The molecular formula is C16H25NO2. The minimum Gasteiger partial charge on any atom is -0.491 e. The highest BCUT2D eigenvalue weighted by atomic mass is 16.5. The molecule has 19 heavy (non-hydrogen) atoms. The van der Waals surface area contributed by atoms with E-state index >= 15 is 0 Å². The van der Waals surface area contributed by atoms with E-state index < -0.39 is 6.10 Å². The molecule has 106 valence electrons. The first-order valence-electron chi connectivity index (χ1n) is 7.26. The third-order valence-electron chi connectivity index (χ3n) is 3.90. The van der Waals surface area contributed by atoms with Crippen molar-refractivity contribution in [2.75, 3.05) is 26.2 Å². The summed E-state index contributed by atoms with van der Waals surface area (Å²) in [6.45, 7) is 7.46. The zero-order valence-corrected chi connectivity index (χ0v) is 12.1. The van der Waals surface area contributed by atoms with Crippen molar-refractivity contribution in [1.82, 2.24) is 4.90 Å². The summed E-state index contributed by atoms with van der Waals surface area (Å²) >= 11 is 0. The van der Waals surface area contributed by atoms with Crippen molar-refractivity contribution in [2.24, 2.45) is 0 Å². The number of aliphatic hydroxyl groups is 1. The largest absolute Gasteiger partial charge is 0.491 e. The van der Waals surface area contributed by atoms with Crippen molar-refractivity contribution in [2.45, 2.75) is 39.2 Å². The Morgan fingerprint density at radius 1 is 1.21 bits per heavy atom. The van der Waals surface area contributed by atoms with Crippen molar-refractivity contribution in [1.29, 1.82) is 0 Å². The van der Waals surface area contributed by atoms with Gasteiger partial charge in [-0.3, -0.25) is 0 Å². The first-order chi connectivity index (χ1) is 9.16. The third kappa shape index (κ3) is 4.22. The summed E-state index contributed by atoms with van der Waals surface area (Å²) in [5, 5.41) is 10.1. The second kappa shape index (κ2) is 6.92. The molecule has 2 rings (SSSR count). The van der Waals surface area contributed by atoms with E-state index in [4.69, 9.17) is 4.74 Å². The summed E-state index contributed by atoms with van der Waals surface area (Å²) in [5.74, 6) is 0.887. The minimum atomic E-state index is -0.405. The molecule has 1 atom stereocenters. The highest BCUT2D eigenvalue weighted by Crippen LogP contribution is 2.20. The maximum Gasteiger partial charge on any atom is 0.122 e. The van der Waals surface area contributed by atoms with Gasteiger partial charge in [0.1, 0.15) is 18.5 Å². The molecule has 3 heteroatoms. The summed E-state index contributed by atoms with van der Waals surface area (Å²) in [6, 6.07) is 6.04. The molecule has 1 fully saturated rings. The van der Waals surface area contributed by atoms with Crippen LogP contribution in [0.3, 0.4) is 0 Å². The Labute approximate surface area is 116 Å². The fourth-order valence-corrected chi connectivity index (χ4v) is 2.56. The molecule has 0 aromatic heterocycles. The number of aliphatic hydroxyl groups excluding tert-OH is 1. The van der Waals surface area contributed by atoms with Gasteiger partial charge in [-0.05, 0) is 57.0 Å². The van der Waals surface area contributed by atoms with Gasteiger partial charge in [-0.15, -0.1) is 0 Å². The molecule has 0 amide bonds. The van der Waals surface area contributed by atoms with Crippen molar-refractivity contribution >= 4 is 0 Å². The van der Waals surface area contributed by atoms with Gasteiger partial charge in [0.15, 0.2) is 0 Å². The van der Waals surface area contributed by atoms with Crippen LogP contribution in [0.1, 0.15) is 30.4 Å². The van der Waals surface area contributed by atoms with Crippen LogP contribution < -0.4 is 4.74 Å². The Morgan fingerprint density at radius 3 is 2.68 bits per heavy atom. The maximum atomic E-state index is 10.1. The second-order valence-corrected chi connectivity index (χ2v) is 5.52. The summed E-state index contributed by atoms with van der Waals surface area (Å²) < 4.78 is 5.74. The highest BCUT2D eigenvalue weighted by molar-refractivity contribution is 5.38. The number of ether oxygens (including phenoxy) is 1. The lowest BCUT2D eigenvalue weighted by molar-refractivity contribution is 0.0615. The van der Waals surface area contributed by atoms with Gasteiger partial charge < -0.3 is 14.7 Å². The summed E-state index contributed by atoms with van der Waals surface area (Å²) in [6.07, 6.45) is 3.43. The molecule has 0 unspecified atom stereocenters. The van der Waals surface area contributed by atoms with Gasteiger partial charge >= 0.3 is 0 Å². The molecule has 1 aliphatic heterocycles. The van der Waals surface area contributed by atoms with Gasteiger partial charge in [-0.25, -0.2) is 0 Å². The number of rotatable bonds is 5. The molecular weight excluding hydrogens is 238 g/mol. The fourth-order valence-electron chi connectivity index (χ4n) is 2.56. The number of benzene rings is 1.